The van der Waals surface area contributed by atoms with Crippen LogP contribution in [0.3, 0.4) is 0 Å². The number of hydrogen-bond donors (Lipinski definition) is 1. The van der Waals surface area contributed by atoms with Crippen LogP contribution in [0.1, 0.15) is 23.5 Å². The van der Waals surface area contributed by atoms with Crippen molar-refractivity contribution < 1.29 is 4.79 Å². The van der Waals surface area contributed by atoms with Gasteiger partial charge in [-0.3, -0.25) is 4.79 Å². The first-order valence-corrected chi connectivity index (χ1v) is 6.89. The highest BCUT2D eigenvalue weighted by Gasteiger charge is 2.20. The average molecular weight is 253 g/mol. The maximum atomic E-state index is 12.0. The Morgan fingerprint density at radius 1 is 1.71 bits per heavy atom. The fraction of sp³-hybridized carbons (Fsp3) is 0.667. The zero-order chi connectivity index (χ0) is 12.3. The molecule has 1 aliphatic rings. The average Bonchev–Trinajstić information content (AvgIpc) is 2.90. The monoisotopic (exact) mass is 253 g/mol. The van der Waals surface area contributed by atoms with Gasteiger partial charge in [-0.2, -0.15) is 0 Å². The van der Waals surface area contributed by atoms with Crippen molar-refractivity contribution in [1.29, 1.82) is 0 Å². The number of aromatic nitrogens is 1. The van der Waals surface area contributed by atoms with Crippen LogP contribution in [-0.2, 0) is 11.3 Å². The number of rotatable bonds is 4. The van der Waals surface area contributed by atoms with Crippen LogP contribution in [0.2, 0.25) is 0 Å². The Morgan fingerprint density at radius 3 is 3.12 bits per heavy atom. The number of carbonyl (C=O) groups excluding carboxylic acids is 1. The van der Waals surface area contributed by atoms with Crippen molar-refractivity contribution in [2.45, 2.75) is 26.3 Å². The minimum Gasteiger partial charge on any atom is -0.340 e. The molecule has 1 aliphatic heterocycles. The van der Waals surface area contributed by atoms with Crippen molar-refractivity contribution in [1.82, 2.24) is 15.2 Å². The summed E-state index contributed by atoms with van der Waals surface area (Å²) in [7, 11) is 1.86. The molecule has 94 valence electrons. The molecule has 1 N–H and O–H groups in total. The lowest BCUT2D eigenvalue weighted by Crippen LogP contribution is -2.28. The number of aryl methyl sites for hydroxylation is 1. The summed E-state index contributed by atoms with van der Waals surface area (Å²) >= 11 is 1.63. The van der Waals surface area contributed by atoms with E-state index in [1.165, 1.54) is 0 Å². The van der Waals surface area contributed by atoms with Crippen molar-refractivity contribution in [3.8, 4) is 0 Å². The van der Waals surface area contributed by atoms with Gasteiger partial charge in [-0.25, -0.2) is 4.98 Å². The summed E-state index contributed by atoms with van der Waals surface area (Å²) in [5.41, 5.74) is 0.993. The first kappa shape index (κ1) is 12.5. The van der Waals surface area contributed by atoms with E-state index in [1.54, 1.807) is 16.2 Å². The molecule has 5 heteroatoms. The van der Waals surface area contributed by atoms with Crippen LogP contribution in [0.15, 0.2) is 5.38 Å². The van der Waals surface area contributed by atoms with Crippen LogP contribution in [0.5, 0.6) is 0 Å². The Bertz CT molecular complexity index is 385. The highest BCUT2D eigenvalue weighted by atomic mass is 32.1. The van der Waals surface area contributed by atoms with Crippen molar-refractivity contribution >= 4 is 17.2 Å². The van der Waals surface area contributed by atoms with E-state index in [1.807, 2.05) is 19.4 Å². The summed E-state index contributed by atoms with van der Waals surface area (Å²) in [5, 5.41) is 6.37. The molecule has 1 amide bonds. The Balaban J connectivity index is 1.82. The largest absolute Gasteiger partial charge is 0.340 e. The van der Waals surface area contributed by atoms with Gasteiger partial charge in [0.2, 0.25) is 5.91 Å². The summed E-state index contributed by atoms with van der Waals surface area (Å²) in [6.45, 7) is 4.64. The van der Waals surface area contributed by atoms with Crippen LogP contribution in [0.4, 0.5) is 0 Å². The van der Waals surface area contributed by atoms with E-state index < -0.39 is 0 Å². The molecule has 1 saturated heterocycles. The fourth-order valence-corrected chi connectivity index (χ4v) is 2.71. The van der Waals surface area contributed by atoms with Crippen LogP contribution in [0, 0.1) is 12.8 Å². The van der Waals surface area contributed by atoms with Crippen molar-refractivity contribution in [3.05, 3.63) is 16.1 Å². The van der Waals surface area contributed by atoms with E-state index in [-0.39, 0.29) is 5.91 Å². The number of nitrogens with one attached hydrogen (secondary N) is 1. The van der Waals surface area contributed by atoms with Gasteiger partial charge in [0, 0.05) is 18.8 Å². The number of thiazole rings is 1. The predicted octanol–water partition coefficient (Wildman–Crippen LogP) is 1.41. The minimum atomic E-state index is 0.226. The molecule has 1 fully saturated rings. The van der Waals surface area contributed by atoms with Gasteiger partial charge in [0.15, 0.2) is 0 Å². The lowest BCUT2D eigenvalue weighted by atomic mass is 10.0. The van der Waals surface area contributed by atoms with Gasteiger partial charge >= 0.3 is 0 Å². The molecule has 0 aromatic carbocycles. The number of amides is 1. The van der Waals surface area contributed by atoms with Crippen molar-refractivity contribution in [3.63, 3.8) is 0 Å². The minimum absolute atomic E-state index is 0.226. The van der Waals surface area contributed by atoms with Gasteiger partial charge in [-0.05, 0) is 32.4 Å². The first-order chi connectivity index (χ1) is 8.15. The molecule has 2 heterocycles. The second kappa shape index (κ2) is 5.60. The molecule has 1 atom stereocenters. The predicted molar refractivity (Wildman–Crippen MR) is 68.9 cm³/mol. The highest BCUT2D eigenvalue weighted by molar-refractivity contribution is 7.09. The van der Waals surface area contributed by atoms with Gasteiger partial charge in [0.25, 0.3) is 0 Å². The third-order valence-corrected chi connectivity index (χ3v) is 3.94. The molecule has 17 heavy (non-hydrogen) atoms. The lowest BCUT2D eigenvalue weighted by Gasteiger charge is -2.17. The van der Waals surface area contributed by atoms with Gasteiger partial charge in [0.05, 0.1) is 17.2 Å². The third kappa shape index (κ3) is 3.51. The molecule has 0 spiro atoms. The number of hydrogen-bond acceptors (Lipinski definition) is 4. The van der Waals surface area contributed by atoms with Gasteiger partial charge in [-0.1, -0.05) is 0 Å². The molecule has 2 rings (SSSR count). The Hall–Kier alpha value is -0.940. The maximum absolute atomic E-state index is 12.0. The Labute approximate surface area is 106 Å². The molecule has 4 nitrogen and oxygen atoms in total. The Kier molecular flexibility index (Phi) is 4.12. The molecule has 1 aromatic heterocycles. The zero-order valence-electron chi connectivity index (χ0n) is 10.4. The lowest BCUT2D eigenvalue weighted by molar-refractivity contribution is -0.131. The SMILES string of the molecule is Cc1nc(CN(C)C(=O)CC2CCNC2)cs1. The zero-order valence-corrected chi connectivity index (χ0v) is 11.2. The van der Waals surface area contributed by atoms with Crippen LogP contribution in [0.25, 0.3) is 0 Å². The molecular weight excluding hydrogens is 234 g/mol. The summed E-state index contributed by atoms with van der Waals surface area (Å²) < 4.78 is 0. The van der Waals surface area contributed by atoms with Crippen LogP contribution in [-0.4, -0.2) is 35.9 Å². The van der Waals surface area contributed by atoms with E-state index in [0.717, 1.165) is 30.2 Å². The summed E-state index contributed by atoms with van der Waals surface area (Å²) in [6.07, 6.45) is 1.78. The second-order valence-electron chi connectivity index (χ2n) is 4.67. The molecule has 0 saturated carbocycles. The molecule has 0 aliphatic carbocycles. The number of nitrogens with zero attached hydrogens (tertiary/aromatic N) is 2. The fourth-order valence-electron chi connectivity index (χ4n) is 2.10. The maximum Gasteiger partial charge on any atom is 0.222 e. The molecule has 0 radical (unpaired) electrons. The molecule has 1 unspecified atom stereocenters. The molecule has 1 aromatic rings. The molecular formula is C12H19N3OS. The Morgan fingerprint density at radius 2 is 2.53 bits per heavy atom. The van der Waals surface area contributed by atoms with Crippen LogP contribution >= 0.6 is 11.3 Å². The van der Waals surface area contributed by atoms with E-state index >= 15 is 0 Å². The van der Waals surface area contributed by atoms with E-state index in [0.29, 0.717) is 18.9 Å². The number of carbonyl (C=O) groups is 1. The van der Waals surface area contributed by atoms with E-state index in [4.69, 9.17) is 0 Å². The van der Waals surface area contributed by atoms with Crippen LogP contribution < -0.4 is 5.32 Å². The highest BCUT2D eigenvalue weighted by Crippen LogP contribution is 2.15. The second-order valence-corrected chi connectivity index (χ2v) is 5.73. The topological polar surface area (TPSA) is 45.2 Å². The summed E-state index contributed by atoms with van der Waals surface area (Å²) in [5.74, 6) is 0.742. The molecule has 0 bridgehead atoms. The van der Waals surface area contributed by atoms with Gasteiger partial charge in [-0.15, -0.1) is 11.3 Å². The van der Waals surface area contributed by atoms with Gasteiger partial charge < -0.3 is 10.2 Å². The summed E-state index contributed by atoms with van der Waals surface area (Å²) in [4.78, 5) is 18.1. The van der Waals surface area contributed by atoms with Gasteiger partial charge in [0.1, 0.15) is 0 Å². The normalized spacial score (nSPS) is 19.5. The van der Waals surface area contributed by atoms with E-state index in [9.17, 15) is 4.79 Å². The standard InChI is InChI=1S/C12H19N3OS/c1-9-14-11(8-17-9)7-15(2)12(16)5-10-3-4-13-6-10/h8,10,13H,3-7H2,1-2H3. The van der Waals surface area contributed by atoms with Crippen molar-refractivity contribution in [2.75, 3.05) is 20.1 Å². The first-order valence-electron chi connectivity index (χ1n) is 6.01. The summed E-state index contributed by atoms with van der Waals surface area (Å²) in [6, 6.07) is 0. The third-order valence-electron chi connectivity index (χ3n) is 3.12. The quantitative estimate of drug-likeness (QED) is 0.882. The van der Waals surface area contributed by atoms with E-state index in [2.05, 4.69) is 10.3 Å². The smallest absolute Gasteiger partial charge is 0.222 e. The van der Waals surface area contributed by atoms with Crippen molar-refractivity contribution in [2.24, 2.45) is 5.92 Å².